The lowest BCUT2D eigenvalue weighted by molar-refractivity contribution is 0.102. The number of carbonyl (C=O) groups excluding carboxylic acids is 1. The smallest absolute Gasteiger partial charge is 0.276 e. The van der Waals surface area contributed by atoms with Crippen molar-refractivity contribution in [3.8, 4) is 5.88 Å². The highest BCUT2D eigenvalue weighted by Gasteiger charge is 2.30. The van der Waals surface area contributed by atoms with Gasteiger partial charge in [0.15, 0.2) is 5.69 Å². The average Bonchev–Trinajstić information content (AvgIpc) is 3.36. The third-order valence-corrected chi connectivity index (χ3v) is 3.94. The molecule has 0 bridgehead atoms. The molecular formula is C17H16N4O2. The first-order chi connectivity index (χ1) is 11.3. The molecule has 0 atom stereocenters. The van der Waals surface area contributed by atoms with Crippen LogP contribution in [-0.4, -0.2) is 27.4 Å². The predicted octanol–water partition coefficient (Wildman–Crippen LogP) is 2.87. The van der Waals surface area contributed by atoms with Crippen LogP contribution >= 0.6 is 0 Å². The Kier molecular flexibility index (Phi) is 3.22. The van der Waals surface area contributed by atoms with Crippen LogP contribution in [0, 0.1) is 0 Å². The predicted molar refractivity (Wildman–Crippen MR) is 85.9 cm³/mol. The molecule has 3 aromatic heterocycles. The second-order valence-electron chi connectivity index (χ2n) is 5.59. The molecule has 1 saturated carbocycles. The average molecular weight is 308 g/mol. The van der Waals surface area contributed by atoms with Crippen molar-refractivity contribution in [2.24, 2.45) is 0 Å². The number of carbonyl (C=O) groups is 1. The standard InChI is InChI=1S/C17H16N4O2/c1-23-14-8-7-12(10-18-14)19-17(22)15-13-4-2-3-9-21(13)16(20-15)11-5-6-11/h2-4,7-11H,5-6H2,1H3,(H,19,22). The molecule has 1 amide bonds. The van der Waals surface area contributed by atoms with Gasteiger partial charge in [-0.2, -0.15) is 0 Å². The van der Waals surface area contributed by atoms with Crippen LogP contribution in [0.3, 0.4) is 0 Å². The summed E-state index contributed by atoms with van der Waals surface area (Å²) in [5.74, 6) is 1.71. The quantitative estimate of drug-likeness (QED) is 0.804. The molecule has 0 aromatic carbocycles. The van der Waals surface area contributed by atoms with E-state index in [0.29, 0.717) is 23.2 Å². The SMILES string of the molecule is COc1ccc(NC(=O)c2nc(C3CC3)n3ccccc23)cn1. The van der Waals surface area contributed by atoms with E-state index in [4.69, 9.17) is 4.74 Å². The van der Waals surface area contributed by atoms with E-state index in [9.17, 15) is 4.79 Å². The van der Waals surface area contributed by atoms with Crippen LogP contribution < -0.4 is 10.1 Å². The zero-order chi connectivity index (χ0) is 15.8. The Hall–Kier alpha value is -2.89. The number of aromatic nitrogens is 3. The maximum atomic E-state index is 12.6. The lowest BCUT2D eigenvalue weighted by atomic mass is 10.3. The van der Waals surface area contributed by atoms with Crippen molar-refractivity contribution in [2.75, 3.05) is 12.4 Å². The first-order valence-corrected chi connectivity index (χ1v) is 7.54. The summed E-state index contributed by atoms with van der Waals surface area (Å²) in [4.78, 5) is 21.3. The van der Waals surface area contributed by atoms with Crippen molar-refractivity contribution in [2.45, 2.75) is 18.8 Å². The van der Waals surface area contributed by atoms with Crippen LogP contribution in [0.4, 0.5) is 5.69 Å². The summed E-state index contributed by atoms with van der Waals surface area (Å²) < 4.78 is 7.03. The van der Waals surface area contributed by atoms with E-state index in [-0.39, 0.29) is 5.91 Å². The highest BCUT2D eigenvalue weighted by Crippen LogP contribution is 2.40. The third-order valence-electron chi connectivity index (χ3n) is 3.94. The zero-order valence-electron chi connectivity index (χ0n) is 12.7. The summed E-state index contributed by atoms with van der Waals surface area (Å²) >= 11 is 0. The molecule has 3 aromatic rings. The van der Waals surface area contributed by atoms with Gasteiger partial charge in [0.1, 0.15) is 5.82 Å². The number of methoxy groups -OCH3 is 1. The number of hydrogen-bond donors (Lipinski definition) is 1. The molecule has 6 heteroatoms. The van der Waals surface area contributed by atoms with Gasteiger partial charge in [0.05, 0.1) is 24.5 Å². The van der Waals surface area contributed by atoms with Crippen molar-refractivity contribution >= 4 is 17.1 Å². The molecule has 3 heterocycles. The molecule has 23 heavy (non-hydrogen) atoms. The van der Waals surface area contributed by atoms with E-state index in [1.165, 1.54) is 0 Å². The van der Waals surface area contributed by atoms with Crippen molar-refractivity contribution in [3.05, 3.63) is 54.2 Å². The molecular weight excluding hydrogens is 292 g/mol. The van der Waals surface area contributed by atoms with Gasteiger partial charge in [-0.05, 0) is 31.0 Å². The third kappa shape index (κ3) is 2.52. The monoisotopic (exact) mass is 308 g/mol. The molecule has 4 rings (SSSR count). The minimum Gasteiger partial charge on any atom is -0.481 e. The molecule has 0 saturated heterocycles. The summed E-state index contributed by atoms with van der Waals surface area (Å²) in [6.45, 7) is 0. The van der Waals surface area contributed by atoms with Gasteiger partial charge in [0, 0.05) is 18.2 Å². The molecule has 0 radical (unpaired) electrons. The second-order valence-corrected chi connectivity index (χ2v) is 5.59. The fraction of sp³-hybridized carbons (Fsp3) is 0.235. The summed E-state index contributed by atoms with van der Waals surface area (Å²) in [5, 5.41) is 2.84. The van der Waals surface area contributed by atoms with E-state index in [1.54, 1.807) is 25.4 Å². The number of fused-ring (bicyclic) bond motifs is 1. The van der Waals surface area contributed by atoms with E-state index in [0.717, 1.165) is 24.2 Å². The maximum absolute atomic E-state index is 12.6. The lowest BCUT2D eigenvalue weighted by Gasteiger charge is -2.04. The number of hydrogen-bond acceptors (Lipinski definition) is 4. The van der Waals surface area contributed by atoms with Gasteiger partial charge in [-0.25, -0.2) is 9.97 Å². The summed E-state index contributed by atoms with van der Waals surface area (Å²) in [6.07, 6.45) is 5.80. The fourth-order valence-electron chi connectivity index (χ4n) is 2.62. The molecule has 0 unspecified atom stereocenters. The van der Waals surface area contributed by atoms with Crippen LogP contribution in [0.1, 0.15) is 35.1 Å². The first kappa shape index (κ1) is 13.8. The lowest BCUT2D eigenvalue weighted by Crippen LogP contribution is -2.13. The van der Waals surface area contributed by atoms with Gasteiger partial charge in [0.2, 0.25) is 5.88 Å². The Morgan fingerprint density at radius 2 is 2.17 bits per heavy atom. The minimum absolute atomic E-state index is 0.229. The van der Waals surface area contributed by atoms with Crippen LogP contribution in [0.25, 0.3) is 5.52 Å². The normalized spacial score (nSPS) is 14.0. The summed E-state index contributed by atoms with van der Waals surface area (Å²) in [7, 11) is 1.55. The molecule has 1 aliphatic rings. The summed E-state index contributed by atoms with van der Waals surface area (Å²) in [5.41, 5.74) is 1.89. The Morgan fingerprint density at radius 3 is 2.87 bits per heavy atom. The fourth-order valence-corrected chi connectivity index (χ4v) is 2.62. The second kappa shape index (κ2) is 5.39. The number of anilines is 1. The largest absolute Gasteiger partial charge is 0.481 e. The molecule has 1 aliphatic carbocycles. The molecule has 0 aliphatic heterocycles. The molecule has 1 fully saturated rings. The minimum atomic E-state index is -0.229. The van der Waals surface area contributed by atoms with Crippen molar-refractivity contribution in [3.63, 3.8) is 0 Å². The maximum Gasteiger partial charge on any atom is 0.276 e. The van der Waals surface area contributed by atoms with Gasteiger partial charge in [0.25, 0.3) is 5.91 Å². The van der Waals surface area contributed by atoms with Gasteiger partial charge in [-0.3, -0.25) is 4.79 Å². The van der Waals surface area contributed by atoms with Gasteiger partial charge in [-0.1, -0.05) is 6.07 Å². The van der Waals surface area contributed by atoms with Gasteiger partial charge in [-0.15, -0.1) is 0 Å². The van der Waals surface area contributed by atoms with E-state index >= 15 is 0 Å². The Morgan fingerprint density at radius 1 is 1.30 bits per heavy atom. The van der Waals surface area contributed by atoms with Crippen LogP contribution in [0.2, 0.25) is 0 Å². The number of rotatable bonds is 4. The molecule has 116 valence electrons. The Bertz CT molecular complexity index is 866. The van der Waals surface area contributed by atoms with E-state index in [2.05, 4.69) is 15.3 Å². The number of nitrogens with zero attached hydrogens (tertiary/aromatic N) is 3. The van der Waals surface area contributed by atoms with Crippen molar-refractivity contribution in [1.29, 1.82) is 0 Å². The van der Waals surface area contributed by atoms with E-state index in [1.807, 2.05) is 28.8 Å². The summed E-state index contributed by atoms with van der Waals surface area (Å²) in [6, 6.07) is 9.25. The highest BCUT2D eigenvalue weighted by atomic mass is 16.5. The zero-order valence-corrected chi connectivity index (χ0v) is 12.7. The van der Waals surface area contributed by atoms with Crippen LogP contribution in [0.5, 0.6) is 5.88 Å². The van der Waals surface area contributed by atoms with Gasteiger partial charge >= 0.3 is 0 Å². The molecule has 0 spiro atoms. The molecule has 1 N–H and O–H groups in total. The van der Waals surface area contributed by atoms with Crippen molar-refractivity contribution in [1.82, 2.24) is 14.4 Å². The Balaban J connectivity index is 1.66. The van der Waals surface area contributed by atoms with Crippen molar-refractivity contribution < 1.29 is 9.53 Å². The first-order valence-electron chi connectivity index (χ1n) is 7.54. The number of pyridine rings is 2. The van der Waals surface area contributed by atoms with Gasteiger partial charge < -0.3 is 14.5 Å². The number of imidazole rings is 1. The van der Waals surface area contributed by atoms with E-state index < -0.39 is 0 Å². The Labute approximate surface area is 133 Å². The molecule has 6 nitrogen and oxygen atoms in total. The number of nitrogens with one attached hydrogen (secondary N) is 1. The topological polar surface area (TPSA) is 68.5 Å². The van der Waals surface area contributed by atoms with Crippen LogP contribution in [0.15, 0.2) is 42.7 Å². The van der Waals surface area contributed by atoms with Crippen LogP contribution in [-0.2, 0) is 0 Å². The highest BCUT2D eigenvalue weighted by molar-refractivity contribution is 6.07. The number of amides is 1. The number of ether oxygens (including phenoxy) is 1.